The van der Waals surface area contributed by atoms with Crippen LogP contribution in [0.1, 0.15) is 39.0 Å². The first-order valence-corrected chi connectivity index (χ1v) is 4.21. The standard InChI is InChI=1S/C8H18N2/c1-7-5-3-2-4-6-8(7,9)10/h7H,2-6,9-10H2,1H3. The van der Waals surface area contributed by atoms with Gasteiger partial charge in [0, 0.05) is 0 Å². The van der Waals surface area contributed by atoms with Gasteiger partial charge in [0.05, 0.1) is 5.66 Å². The number of hydrogen-bond donors (Lipinski definition) is 2. The van der Waals surface area contributed by atoms with Crippen LogP contribution in [0.5, 0.6) is 0 Å². The van der Waals surface area contributed by atoms with Crippen LogP contribution in [-0.2, 0) is 0 Å². The number of rotatable bonds is 0. The monoisotopic (exact) mass is 142 g/mol. The van der Waals surface area contributed by atoms with Gasteiger partial charge in [-0.1, -0.05) is 26.2 Å². The molecule has 0 aromatic carbocycles. The molecule has 1 unspecified atom stereocenters. The van der Waals surface area contributed by atoms with Crippen LogP contribution in [0, 0.1) is 5.92 Å². The Kier molecular flexibility index (Phi) is 2.32. The minimum absolute atomic E-state index is 0.378. The third-order valence-electron chi connectivity index (χ3n) is 2.66. The van der Waals surface area contributed by atoms with E-state index in [2.05, 4.69) is 6.92 Å². The van der Waals surface area contributed by atoms with Gasteiger partial charge in [0.15, 0.2) is 0 Å². The first-order chi connectivity index (χ1) is 4.63. The molecular formula is C8H18N2. The molecule has 0 amide bonds. The molecule has 0 spiro atoms. The third kappa shape index (κ3) is 1.70. The van der Waals surface area contributed by atoms with Crippen molar-refractivity contribution in [1.29, 1.82) is 0 Å². The van der Waals surface area contributed by atoms with Gasteiger partial charge in [0.25, 0.3) is 0 Å². The Balaban J connectivity index is 2.52. The number of hydrogen-bond acceptors (Lipinski definition) is 2. The van der Waals surface area contributed by atoms with Crippen LogP contribution in [0.4, 0.5) is 0 Å². The Hall–Kier alpha value is -0.0800. The van der Waals surface area contributed by atoms with Crippen LogP contribution in [0.3, 0.4) is 0 Å². The molecule has 1 fully saturated rings. The van der Waals surface area contributed by atoms with E-state index in [4.69, 9.17) is 11.5 Å². The average molecular weight is 142 g/mol. The first-order valence-electron chi connectivity index (χ1n) is 4.21. The van der Waals surface area contributed by atoms with Gasteiger partial charge in [0.2, 0.25) is 0 Å². The van der Waals surface area contributed by atoms with Gasteiger partial charge in [-0.3, -0.25) is 0 Å². The van der Waals surface area contributed by atoms with Crippen LogP contribution in [0.2, 0.25) is 0 Å². The molecule has 10 heavy (non-hydrogen) atoms. The summed E-state index contributed by atoms with van der Waals surface area (Å²) < 4.78 is 0. The predicted octanol–water partition coefficient (Wildman–Crippen LogP) is 1.20. The second kappa shape index (κ2) is 2.89. The van der Waals surface area contributed by atoms with Crippen molar-refractivity contribution in [3.63, 3.8) is 0 Å². The molecule has 2 heteroatoms. The van der Waals surface area contributed by atoms with E-state index in [1.807, 2.05) is 0 Å². The Bertz CT molecular complexity index is 110. The molecule has 2 nitrogen and oxygen atoms in total. The van der Waals surface area contributed by atoms with Gasteiger partial charge in [0.1, 0.15) is 0 Å². The molecule has 1 aliphatic rings. The lowest BCUT2D eigenvalue weighted by molar-refractivity contribution is 0.281. The van der Waals surface area contributed by atoms with Crippen molar-refractivity contribution in [2.45, 2.75) is 44.7 Å². The Morgan fingerprint density at radius 3 is 2.60 bits per heavy atom. The summed E-state index contributed by atoms with van der Waals surface area (Å²) >= 11 is 0. The zero-order valence-electron chi connectivity index (χ0n) is 6.77. The van der Waals surface area contributed by atoms with Gasteiger partial charge < -0.3 is 11.5 Å². The summed E-state index contributed by atoms with van der Waals surface area (Å²) in [5.74, 6) is 0.495. The third-order valence-corrected chi connectivity index (χ3v) is 2.66. The highest BCUT2D eigenvalue weighted by Crippen LogP contribution is 2.25. The molecule has 1 rings (SSSR count). The molecule has 4 N–H and O–H groups in total. The van der Waals surface area contributed by atoms with E-state index in [0.29, 0.717) is 5.92 Å². The molecule has 60 valence electrons. The summed E-state index contributed by atoms with van der Waals surface area (Å²) in [6.45, 7) is 2.16. The van der Waals surface area contributed by atoms with Crippen molar-refractivity contribution in [3.05, 3.63) is 0 Å². The summed E-state index contributed by atoms with van der Waals surface area (Å²) in [5.41, 5.74) is 11.4. The number of nitrogens with two attached hydrogens (primary N) is 2. The Morgan fingerprint density at radius 1 is 1.20 bits per heavy atom. The molecule has 0 aromatic heterocycles. The topological polar surface area (TPSA) is 52.0 Å². The second-order valence-corrected chi connectivity index (χ2v) is 3.61. The Labute approximate surface area is 63.0 Å². The van der Waals surface area contributed by atoms with E-state index in [-0.39, 0.29) is 5.66 Å². The normalized spacial score (nSPS) is 33.3. The van der Waals surface area contributed by atoms with Gasteiger partial charge in [-0.15, -0.1) is 0 Å². The van der Waals surface area contributed by atoms with Gasteiger partial charge in [-0.2, -0.15) is 0 Å². The highest BCUT2D eigenvalue weighted by Gasteiger charge is 2.27. The fourth-order valence-corrected chi connectivity index (χ4v) is 1.57. The molecule has 0 saturated heterocycles. The molecule has 1 atom stereocenters. The van der Waals surface area contributed by atoms with E-state index in [0.717, 1.165) is 6.42 Å². The first kappa shape index (κ1) is 8.02. The van der Waals surface area contributed by atoms with Crippen LogP contribution in [0.25, 0.3) is 0 Å². The van der Waals surface area contributed by atoms with Crippen molar-refractivity contribution >= 4 is 0 Å². The van der Waals surface area contributed by atoms with Crippen molar-refractivity contribution in [2.24, 2.45) is 17.4 Å². The maximum Gasteiger partial charge on any atom is 0.0662 e. The summed E-state index contributed by atoms with van der Waals surface area (Å²) in [4.78, 5) is 0. The van der Waals surface area contributed by atoms with E-state index in [1.54, 1.807) is 0 Å². The van der Waals surface area contributed by atoms with E-state index in [9.17, 15) is 0 Å². The maximum atomic E-state index is 5.90. The Morgan fingerprint density at radius 2 is 1.90 bits per heavy atom. The van der Waals surface area contributed by atoms with Crippen molar-refractivity contribution < 1.29 is 0 Å². The largest absolute Gasteiger partial charge is 0.313 e. The SMILES string of the molecule is CC1CCCCCC1(N)N. The van der Waals surface area contributed by atoms with Crippen LogP contribution in [-0.4, -0.2) is 5.66 Å². The fourth-order valence-electron chi connectivity index (χ4n) is 1.57. The van der Waals surface area contributed by atoms with Crippen LogP contribution >= 0.6 is 0 Å². The van der Waals surface area contributed by atoms with Crippen LogP contribution < -0.4 is 11.5 Å². The lowest BCUT2D eigenvalue weighted by Crippen LogP contribution is -2.54. The fraction of sp³-hybridized carbons (Fsp3) is 1.00. The van der Waals surface area contributed by atoms with Crippen LogP contribution in [0.15, 0.2) is 0 Å². The van der Waals surface area contributed by atoms with Crippen molar-refractivity contribution in [2.75, 3.05) is 0 Å². The average Bonchev–Trinajstić information content (AvgIpc) is 1.96. The summed E-state index contributed by atoms with van der Waals surface area (Å²) in [6.07, 6.45) is 6.01. The molecule has 1 aliphatic carbocycles. The van der Waals surface area contributed by atoms with Crippen molar-refractivity contribution in [1.82, 2.24) is 0 Å². The van der Waals surface area contributed by atoms with Gasteiger partial charge in [-0.25, -0.2) is 0 Å². The molecule has 0 radical (unpaired) electrons. The zero-order chi connectivity index (χ0) is 7.61. The zero-order valence-corrected chi connectivity index (χ0v) is 6.77. The quantitative estimate of drug-likeness (QED) is 0.394. The minimum Gasteiger partial charge on any atom is -0.313 e. The van der Waals surface area contributed by atoms with Crippen molar-refractivity contribution in [3.8, 4) is 0 Å². The summed E-state index contributed by atoms with van der Waals surface area (Å²) in [7, 11) is 0. The smallest absolute Gasteiger partial charge is 0.0662 e. The minimum atomic E-state index is -0.378. The summed E-state index contributed by atoms with van der Waals surface area (Å²) in [6, 6.07) is 0. The molecule has 1 saturated carbocycles. The lowest BCUT2D eigenvalue weighted by Gasteiger charge is -2.29. The molecular weight excluding hydrogens is 124 g/mol. The molecule has 0 bridgehead atoms. The molecule has 0 aliphatic heterocycles. The maximum absolute atomic E-state index is 5.90. The summed E-state index contributed by atoms with van der Waals surface area (Å²) in [5, 5.41) is 0. The highest BCUT2D eigenvalue weighted by molar-refractivity contribution is 4.84. The molecule has 0 heterocycles. The molecule has 0 aromatic rings. The van der Waals surface area contributed by atoms with E-state index in [1.165, 1.54) is 25.7 Å². The lowest BCUT2D eigenvalue weighted by atomic mass is 9.91. The highest BCUT2D eigenvalue weighted by atomic mass is 15.0. The second-order valence-electron chi connectivity index (χ2n) is 3.61. The van der Waals surface area contributed by atoms with E-state index < -0.39 is 0 Å². The van der Waals surface area contributed by atoms with Gasteiger partial charge >= 0.3 is 0 Å². The van der Waals surface area contributed by atoms with Gasteiger partial charge in [-0.05, 0) is 18.8 Å². The predicted molar refractivity (Wildman–Crippen MR) is 43.4 cm³/mol. The van der Waals surface area contributed by atoms with E-state index >= 15 is 0 Å².